The first-order chi connectivity index (χ1) is 8.36. The molecule has 0 atom stereocenters. The van der Waals surface area contributed by atoms with Gasteiger partial charge in [0.05, 0.1) is 5.60 Å². The van der Waals surface area contributed by atoms with Crippen LogP contribution in [-0.2, 0) is 9.45 Å². The van der Waals surface area contributed by atoms with Gasteiger partial charge in [-0.15, -0.1) is 0 Å². The molecule has 0 N–H and O–H groups in total. The van der Waals surface area contributed by atoms with Crippen LogP contribution < -0.4 is 0 Å². The van der Waals surface area contributed by atoms with E-state index in [0.717, 1.165) is 25.4 Å². The van der Waals surface area contributed by atoms with Crippen LogP contribution in [0, 0.1) is 5.41 Å². The standard InChI is InChI=1S/C15H23BO2/c1-14(2)11-16(18-15(14,3)4)13-7-5-6-12(10-13)8-9-17/h7,9-10H,5-6,8,11H2,1-4H3. The summed E-state index contributed by atoms with van der Waals surface area (Å²) >= 11 is 0. The Morgan fingerprint density at radius 2 is 2.11 bits per heavy atom. The maximum atomic E-state index is 10.6. The van der Waals surface area contributed by atoms with Crippen LogP contribution in [0.15, 0.2) is 23.2 Å². The second kappa shape index (κ2) is 4.69. The third-order valence-corrected chi connectivity index (χ3v) is 4.70. The molecule has 98 valence electrons. The molecule has 18 heavy (non-hydrogen) atoms. The fourth-order valence-electron chi connectivity index (χ4n) is 2.74. The van der Waals surface area contributed by atoms with Gasteiger partial charge in [-0.3, -0.25) is 0 Å². The van der Waals surface area contributed by atoms with E-state index in [9.17, 15) is 4.79 Å². The molecule has 0 unspecified atom stereocenters. The molecule has 2 rings (SSSR count). The van der Waals surface area contributed by atoms with Crippen LogP contribution in [0.4, 0.5) is 0 Å². The molecule has 0 spiro atoms. The second-order valence-corrected chi connectivity index (χ2v) is 6.62. The average molecular weight is 246 g/mol. The largest absolute Gasteiger partial charge is 0.426 e. The van der Waals surface area contributed by atoms with Crippen LogP contribution >= 0.6 is 0 Å². The lowest BCUT2D eigenvalue weighted by Crippen LogP contribution is -2.34. The fourth-order valence-corrected chi connectivity index (χ4v) is 2.74. The summed E-state index contributed by atoms with van der Waals surface area (Å²) in [5.74, 6) is 0. The van der Waals surface area contributed by atoms with E-state index in [2.05, 4.69) is 39.8 Å². The highest BCUT2D eigenvalue weighted by Crippen LogP contribution is 2.47. The maximum absolute atomic E-state index is 10.6. The van der Waals surface area contributed by atoms with Gasteiger partial charge < -0.3 is 9.45 Å². The number of hydrogen-bond acceptors (Lipinski definition) is 2. The Morgan fingerprint density at radius 1 is 1.39 bits per heavy atom. The van der Waals surface area contributed by atoms with Gasteiger partial charge in [0.1, 0.15) is 6.29 Å². The summed E-state index contributed by atoms with van der Waals surface area (Å²) in [6.45, 7) is 9.08. The smallest absolute Gasteiger partial charge is 0.327 e. The Labute approximate surface area is 111 Å². The normalized spacial score (nSPS) is 25.7. The first kappa shape index (κ1) is 13.6. The number of allylic oxidation sites excluding steroid dienone is 4. The quantitative estimate of drug-likeness (QED) is 0.562. The zero-order chi connectivity index (χ0) is 13.4. The Hall–Kier alpha value is -0.825. The summed E-state index contributed by atoms with van der Waals surface area (Å²) in [5, 5.41) is 0. The van der Waals surface area contributed by atoms with Gasteiger partial charge in [-0.25, -0.2) is 0 Å². The lowest BCUT2D eigenvalue weighted by Gasteiger charge is -2.34. The molecule has 0 aromatic rings. The van der Waals surface area contributed by atoms with Crippen LogP contribution in [0.25, 0.3) is 0 Å². The molecule has 0 aromatic heterocycles. The number of hydrogen-bond donors (Lipinski definition) is 0. The van der Waals surface area contributed by atoms with Gasteiger partial charge in [-0.05, 0) is 38.4 Å². The van der Waals surface area contributed by atoms with Crippen molar-refractivity contribution in [2.75, 3.05) is 0 Å². The van der Waals surface area contributed by atoms with E-state index >= 15 is 0 Å². The Balaban J connectivity index is 2.15. The first-order valence-corrected chi connectivity index (χ1v) is 6.87. The van der Waals surface area contributed by atoms with Crippen LogP contribution in [0.3, 0.4) is 0 Å². The van der Waals surface area contributed by atoms with Crippen LogP contribution in [0.2, 0.25) is 6.32 Å². The molecule has 3 heteroatoms. The van der Waals surface area contributed by atoms with E-state index in [0.29, 0.717) is 6.42 Å². The fraction of sp³-hybridized carbons (Fsp3) is 0.667. The van der Waals surface area contributed by atoms with Gasteiger partial charge in [0.25, 0.3) is 0 Å². The molecule has 1 aliphatic heterocycles. The summed E-state index contributed by atoms with van der Waals surface area (Å²) < 4.78 is 6.23. The predicted molar refractivity (Wildman–Crippen MR) is 75.6 cm³/mol. The van der Waals surface area contributed by atoms with Crippen LogP contribution in [0.1, 0.15) is 47.0 Å². The van der Waals surface area contributed by atoms with Crippen molar-refractivity contribution in [1.29, 1.82) is 0 Å². The van der Waals surface area contributed by atoms with Crippen molar-refractivity contribution in [3.05, 3.63) is 23.2 Å². The summed E-state index contributed by atoms with van der Waals surface area (Å²) in [5.41, 5.74) is 2.62. The van der Waals surface area contributed by atoms with Gasteiger partial charge >= 0.3 is 6.92 Å². The van der Waals surface area contributed by atoms with E-state index in [1.54, 1.807) is 0 Å². The molecule has 2 nitrogen and oxygen atoms in total. The highest BCUT2D eigenvalue weighted by molar-refractivity contribution is 6.62. The van der Waals surface area contributed by atoms with Crippen LogP contribution in [0.5, 0.6) is 0 Å². The molecular weight excluding hydrogens is 223 g/mol. The first-order valence-electron chi connectivity index (χ1n) is 6.87. The van der Waals surface area contributed by atoms with E-state index in [1.807, 2.05) is 0 Å². The van der Waals surface area contributed by atoms with Gasteiger partial charge in [0.15, 0.2) is 0 Å². The van der Waals surface area contributed by atoms with Gasteiger partial charge in [-0.1, -0.05) is 37.0 Å². The number of aldehydes is 1. The van der Waals surface area contributed by atoms with Crippen molar-refractivity contribution in [3.8, 4) is 0 Å². The van der Waals surface area contributed by atoms with E-state index in [4.69, 9.17) is 4.65 Å². The van der Waals surface area contributed by atoms with Crippen molar-refractivity contribution in [2.45, 2.75) is 58.9 Å². The predicted octanol–water partition coefficient (Wildman–Crippen LogP) is 3.59. The lowest BCUT2D eigenvalue weighted by atomic mass is 9.52. The minimum absolute atomic E-state index is 0.0887. The third kappa shape index (κ3) is 2.46. The van der Waals surface area contributed by atoms with Crippen LogP contribution in [-0.4, -0.2) is 18.8 Å². The van der Waals surface area contributed by atoms with Crippen molar-refractivity contribution >= 4 is 13.2 Å². The van der Waals surface area contributed by atoms with Crippen molar-refractivity contribution in [2.24, 2.45) is 5.41 Å². The summed E-state index contributed by atoms with van der Waals surface area (Å²) in [6, 6.07) is 0. The highest BCUT2D eigenvalue weighted by atomic mass is 16.5. The molecule has 1 saturated heterocycles. The third-order valence-electron chi connectivity index (χ3n) is 4.70. The molecule has 0 radical (unpaired) electrons. The lowest BCUT2D eigenvalue weighted by molar-refractivity contribution is -0.107. The minimum atomic E-state index is -0.0887. The van der Waals surface area contributed by atoms with Crippen molar-refractivity contribution < 1.29 is 9.45 Å². The van der Waals surface area contributed by atoms with Gasteiger partial charge in [-0.2, -0.15) is 0 Å². The monoisotopic (exact) mass is 246 g/mol. The Morgan fingerprint density at radius 3 is 2.67 bits per heavy atom. The molecule has 0 bridgehead atoms. The van der Waals surface area contributed by atoms with Gasteiger partial charge in [0, 0.05) is 6.42 Å². The van der Waals surface area contributed by atoms with E-state index < -0.39 is 0 Å². The Kier molecular flexibility index (Phi) is 3.55. The summed E-state index contributed by atoms with van der Waals surface area (Å²) in [6.07, 6.45) is 9.12. The zero-order valence-electron chi connectivity index (χ0n) is 12.0. The molecule has 2 aliphatic rings. The molecule has 0 saturated carbocycles. The topological polar surface area (TPSA) is 26.3 Å². The molecule has 0 aromatic carbocycles. The molecule has 1 heterocycles. The molecular formula is C15H23BO2. The van der Waals surface area contributed by atoms with E-state index in [-0.39, 0.29) is 17.9 Å². The zero-order valence-corrected chi connectivity index (χ0v) is 12.0. The van der Waals surface area contributed by atoms with Crippen molar-refractivity contribution in [3.63, 3.8) is 0 Å². The maximum Gasteiger partial charge on any atom is 0.327 e. The van der Waals surface area contributed by atoms with E-state index in [1.165, 1.54) is 11.0 Å². The second-order valence-electron chi connectivity index (χ2n) is 6.62. The minimum Gasteiger partial charge on any atom is -0.426 e. The summed E-state index contributed by atoms with van der Waals surface area (Å²) in [7, 11) is 0. The van der Waals surface area contributed by atoms with Crippen molar-refractivity contribution in [1.82, 2.24) is 0 Å². The Bertz CT molecular complexity index is 389. The summed E-state index contributed by atoms with van der Waals surface area (Å²) in [4.78, 5) is 10.6. The number of rotatable bonds is 3. The van der Waals surface area contributed by atoms with Gasteiger partial charge in [0.2, 0.25) is 0 Å². The number of carbonyl (C=O) groups is 1. The SMILES string of the molecule is CC1(C)CB(C2=CCCC(CC=O)=C2)OC1(C)C. The highest BCUT2D eigenvalue weighted by Gasteiger charge is 2.50. The molecule has 0 amide bonds. The molecule has 1 fully saturated rings. The average Bonchev–Trinajstić information content (AvgIpc) is 2.49. The molecule has 1 aliphatic carbocycles. The number of carbonyl (C=O) groups excluding carboxylic acids is 1.